The summed E-state index contributed by atoms with van der Waals surface area (Å²) in [6, 6.07) is 7.21. The molecule has 1 aliphatic rings. The molecule has 1 atom stereocenters. The Hall–Kier alpha value is -1.11. The second kappa shape index (κ2) is 5.90. The van der Waals surface area contributed by atoms with Gasteiger partial charge in [0.1, 0.15) is 0 Å². The predicted molar refractivity (Wildman–Crippen MR) is 76.7 cm³/mol. The third-order valence-electron chi connectivity index (χ3n) is 3.28. The molecule has 1 unspecified atom stereocenters. The molecule has 2 rings (SSSR count). The molecule has 106 valence electrons. The van der Waals surface area contributed by atoms with E-state index in [1.165, 1.54) is 0 Å². The second-order valence-electron chi connectivity index (χ2n) is 4.89. The summed E-state index contributed by atoms with van der Waals surface area (Å²) >= 11 is 0. The highest BCUT2D eigenvalue weighted by atomic mass is 32.2. The van der Waals surface area contributed by atoms with Gasteiger partial charge in [-0.1, -0.05) is 6.92 Å². The van der Waals surface area contributed by atoms with E-state index in [1.54, 1.807) is 12.1 Å². The van der Waals surface area contributed by atoms with Crippen LogP contribution in [0.5, 0.6) is 0 Å². The van der Waals surface area contributed by atoms with Gasteiger partial charge < -0.3 is 10.6 Å². The highest BCUT2D eigenvalue weighted by Gasteiger charge is 2.20. The van der Waals surface area contributed by atoms with Crippen molar-refractivity contribution in [2.24, 2.45) is 5.73 Å². The van der Waals surface area contributed by atoms with Crippen LogP contribution >= 0.6 is 0 Å². The lowest BCUT2D eigenvalue weighted by molar-refractivity contribution is 0.581. The molecule has 0 saturated carbocycles. The van der Waals surface area contributed by atoms with Crippen LogP contribution in [0.25, 0.3) is 0 Å². The summed E-state index contributed by atoms with van der Waals surface area (Å²) in [5.41, 5.74) is 6.90. The van der Waals surface area contributed by atoms with Crippen molar-refractivity contribution in [3.63, 3.8) is 0 Å². The van der Waals surface area contributed by atoms with Gasteiger partial charge in [-0.25, -0.2) is 13.1 Å². The molecule has 1 aromatic carbocycles. The van der Waals surface area contributed by atoms with Crippen molar-refractivity contribution in [1.82, 2.24) is 4.72 Å². The van der Waals surface area contributed by atoms with E-state index < -0.39 is 10.0 Å². The maximum absolute atomic E-state index is 11.9. The summed E-state index contributed by atoms with van der Waals surface area (Å²) in [6.07, 6.45) is 1.76. The van der Waals surface area contributed by atoms with Crippen LogP contribution in [0.4, 0.5) is 5.69 Å². The van der Waals surface area contributed by atoms with Gasteiger partial charge in [-0.15, -0.1) is 0 Å². The maximum atomic E-state index is 11.9. The maximum Gasteiger partial charge on any atom is 0.240 e. The number of anilines is 1. The molecular weight excluding hydrogens is 262 g/mol. The van der Waals surface area contributed by atoms with Crippen molar-refractivity contribution in [3.05, 3.63) is 24.3 Å². The van der Waals surface area contributed by atoms with Gasteiger partial charge in [0.2, 0.25) is 10.0 Å². The lowest BCUT2D eigenvalue weighted by Crippen LogP contribution is -2.26. The number of nitrogens with two attached hydrogens (primary N) is 1. The normalized spacial score (nSPS) is 19.9. The lowest BCUT2D eigenvalue weighted by Gasteiger charge is -2.18. The molecule has 1 heterocycles. The Balaban J connectivity index is 2.10. The topological polar surface area (TPSA) is 75.4 Å². The largest absolute Gasteiger partial charge is 0.370 e. The minimum atomic E-state index is -3.37. The Morgan fingerprint density at radius 3 is 2.58 bits per heavy atom. The molecule has 1 aromatic rings. The van der Waals surface area contributed by atoms with Crippen molar-refractivity contribution in [2.45, 2.75) is 30.7 Å². The van der Waals surface area contributed by atoms with E-state index in [4.69, 9.17) is 5.73 Å². The van der Waals surface area contributed by atoms with Gasteiger partial charge in [0.25, 0.3) is 0 Å². The van der Waals surface area contributed by atoms with E-state index in [1.807, 2.05) is 19.1 Å². The third kappa shape index (κ3) is 3.46. The minimum Gasteiger partial charge on any atom is -0.370 e. The van der Waals surface area contributed by atoms with E-state index in [9.17, 15) is 8.42 Å². The Kier molecular flexibility index (Phi) is 4.44. The number of hydrogen-bond acceptors (Lipinski definition) is 4. The molecular formula is C13H21N3O2S. The molecule has 0 amide bonds. The zero-order valence-corrected chi connectivity index (χ0v) is 12.0. The Morgan fingerprint density at radius 2 is 2.05 bits per heavy atom. The van der Waals surface area contributed by atoms with Crippen LogP contribution in [0.15, 0.2) is 29.2 Å². The summed E-state index contributed by atoms with van der Waals surface area (Å²) in [6.45, 7) is 4.16. The molecule has 0 radical (unpaired) electrons. The predicted octanol–water partition coefficient (Wildman–Crippen LogP) is 0.912. The van der Waals surface area contributed by atoms with Crippen LogP contribution in [0.3, 0.4) is 0 Å². The van der Waals surface area contributed by atoms with Crippen LogP contribution in [-0.2, 0) is 10.0 Å². The monoisotopic (exact) mass is 283 g/mol. The molecule has 0 aromatic heterocycles. The Bertz CT molecular complexity index is 513. The van der Waals surface area contributed by atoms with Gasteiger partial charge >= 0.3 is 0 Å². The fraction of sp³-hybridized carbons (Fsp3) is 0.538. The Labute approximate surface area is 114 Å². The van der Waals surface area contributed by atoms with E-state index in [-0.39, 0.29) is 6.04 Å². The first kappa shape index (κ1) is 14.3. The van der Waals surface area contributed by atoms with E-state index in [2.05, 4.69) is 9.62 Å². The summed E-state index contributed by atoms with van der Waals surface area (Å²) < 4.78 is 26.4. The van der Waals surface area contributed by atoms with Crippen LogP contribution < -0.4 is 15.4 Å². The fourth-order valence-electron chi connectivity index (χ4n) is 2.18. The zero-order chi connectivity index (χ0) is 13.9. The average molecular weight is 283 g/mol. The van der Waals surface area contributed by atoms with Crippen molar-refractivity contribution in [1.29, 1.82) is 0 Å². The van der Waals surface area contributed by atoms with Crippen molar-refractivity contribution in [2.75, 3.05) is 24.5 Å². The van der Waals surface area contributed by atoms with Gasteiger partial charge in [-0.05, 0) is 37.1 Å². The molecule has 6 heteroatoms. The Morgan fingerprint density at radius 1 is 1.37 bits per heavy atom. The number of nitrogens with zero attached hydrogens (tertiary/aromatic N) is 1. The first-order chi connectivity index (χ1) is 9.03. The van der Waals surface area contributed by atoms with Gasteiger partial charge in [0, 0.05) is 31.4 Å². The minimum absolute atomic E-state index is 0.217. The van der Waals surface area contributed by atoms with E-state index in [0.29, 0.717) is 11.4 Å². The van der Waals surface area contributed by atoms with Gasteiger partial charge in [-0.2, -0.15) is 0 Å². The SMILES string of the molecule is CCCNS(=O)(=O)c1ccc(N2CCC(N)C2)cc1. The van der Waals surface area contributed by atoms with Crippen molar-refractivity contribution >= 4 is 15.7 Å². The van der Waals surface area contributed by atoms with Gasteiger partial charge in [-0.3, -0.25) is 0 Å². The number of sulfonamides is 1. The standard InChI is InChI=1S/C13H21N3O2S/c1-2-8-15-19(17,18)13-5-3-12(4-6-13)16-9-7-11(14)10-16/h3-6,11,15H,2,7-10,14H2,1H3. The third-order valence-corrected chi connectivity index (χ3v) is 4.76. The number of benzene rings is 1. The van der Waals surface area contributed by atoms with Crippen LogP contribution in [-0.4, -0.2) is 34.1 Å². The van der Waals surface area contributed by atoms with Crippen molar-refractivity contribution < 1.29 is 8.42 Å². The molecule has 5 nitrogen and oxygen atoms in total. The first-order valence-electron chi connectivity index (χ1n) is 6.63. The molecule has 0 aliphatic carbocycles. The molecule has 0 spiro atoms. The molecule has 1 saturated heterocycles. The molecule has 1 aliphatic heterocycles. The number of rotatable bonds is 5. The van der Waals surface area contributed by atoms with Crippen LogP contribution in [0.1, 0.15) is 19.8 Å². The summed E-state index contributed by atoms with van der Waals surface area (Å²) in [5, 5.41) is 0. The fourth-order valence-corrected chi connectivity index (χ4v) is 3.31. The highest BCUT2D eigenvalue weighted by Crippen LogP contribution is 2.21. The van der Waals surface area contributed by atoms with Crippen LogP contribution in [0, 0.1) is 0 Å². The molecule has 1 fully saturated rings. The van der Waals surface area contributed by atoms with Gasteiger partial charge in [0.05, 0.1) is 4.90 Å². The summed E-state index contributed by atoms with van der Waals surface area (Å²) in [5.74, 6) is 0. The first-order valence-corrected chi connectivity index (χ1v) is 8.11. The van der Waals surface area contributed by atoms with Crippen LogP contribution in [0.2, 0.25) is 0 Å². The number of hydrogen-bond donors (Lipinski definition) is 2. The summed E-state index contributed by atoms with van der Waals surface area (Å²) in [4.78, 5) is 2.49. The molecule has 3 N–H and O–H groups in total. The summed E-state index contributed by atoms with van der Waals surface area (Å²) in [7, 11) is -3.37. The van der Waals surface area contributed by atoms with Crippen molar-refractivity contribution in [3.8, 4) is 0 Å². The van der Waals surface area contributed by atoms with E-state index >= 15 is 0 Å². The highest BCUT2D eigenvalue weighted by molar-refractivity contribution is 7.89. The molecule has 0 bridgehead atoms. The molecule has 19 heavy (non-hydrogen) atoms. The second-order valence-corrected chi connectivity index (χ2v) is 6.65. The zero-order valence-electron chi connectivity index (χ0n) is 11.2. The van der Waals surface area contributed by atoms with Gasteiger partial charge in [0.15, 0.2) is 0 Å². The lowest BCUT2D eigenvalue weighted by atomic mass is 10.3. The average Bonchev–Trinajstić information content (AvgIpc) is 2.83. The van der Waals surface area contributed by atoms with E-state index in [0.717, 1.165) is 31.6 Å². The number of nitrogens with one attached hydrogen (secondary N) is 1. The quantitative estimate of drug-likeness (QED) is 0.842. The smallest absolute Gasteiger partial charge is 0.240 e.